The van der Waals surface area contributed by atoms with Gasteiger partial charge in [-0.15, -0.1) is 0 Å². The van der Waals surface area contributed by atoms with Gasteiger partial charge in [-0.3, -0.25) is 9.98 Å². The first-order valence-corrected chi connectivity index (χ1v) is 7.24. The average Bonchev–Trinajstić information content (AvgIpc) is 2.44. The molecule has 0 aromatic heterocycles. The topological polar surface area (TPSA) is 24.7 Å². The second-order valence-electron chi connectivity index (χ2n) is 5.54. The Morgan fingerprint density at radius 1 is 0.667 bits per heavy atom. The van der Waals surface area contributed by atoms with Gasteiger partial charge in [0, 0.05) is 17.8 Å². The van der Waals surface area contributed by atoms with Crippen LogP contribution in [0.25, 0.3) is 0 Å². The van der Waals surface area contributed by atoms with E-state index in [0.29, 0.717) is 0 Å². The molecule has 0 heterocycles. The predicted octanol–water partition coefficient (Wildman–Crippen LogP) is 5.58. The zero-order valence-electron chi connectivity index (χ0n) is 13.2. The van der Waals surface area contributed by atoms with E-state index in [1.165, 1.54) is 11.1 Å². The first-order chi connectivity index (χ1) is 10.0. The molecular formula is C19H22N2. The van der Waals surface area contributed by atoms with Crippen molar-refractivity contribution in [1.82, 2.24) is 0 Å². The molecule has 0 radical (unpaired) electrons. The Labute approximate surface area is 127 Å². The summed E-state index contributed by atoms with van der Waals surface area (Å²) in [6.07, 6.45) is 0.793. The molecule has 0 bridgehead atoms. The minimum absolute atomic E-state index is 0.793. The lowest BCUT2D eigenvalue weighted by molar-refractivity contribution is 1.35. The molecule has 0 spiro atoms. The van der Waals surface area contributed by atoms with E-state index in [4.69, 9.17) is 0 Å². The standard InChI is InChI=1S/C19H22N2/c1-14-5-9-18(10-6-14)20-16(3)13-17(4)21-19-11-7-15(2)8-12-19/h5-12H,13H2,1-4H3. The van der Waals surface area contributed by atoms with Crippen LogP contribution in [0, 0.1) is 13.8 Å². The van der Waals surface area contributed by atoms with Crippen molar-refractivity contribution < 1.29 is 0 Å². The van der Waals surface area contributed by atoms with Crippen molar-refractivity contribution in [2.24, 2.45) is 9.98 Å². The zero-order valence-corrected chi connectivity index (χ0v) is 13.2. The predicted molar refractivity (Wildman–Crippen MR) is 92.5 cm³/mol. The van der Waals surface area contributed by atoms with Gasteiger partial charge in [-0.1, -0.05) is 35.4 Å². The van der Waals surface area contributed by atoms with E-state index in [-0.39, 0.29) is 0 Å². The Balaban J connectivity index is 2.05. The summed E-state index contributed by atoms with van der Waals surface area (Å²) in [7, 11) is 0. The molecule has 0 aliphatic heterocycles. The molecular weight excluding hydrogens is 256 g/mol. The first-order valence-electron chi connectivity index (χ1n) is 7.24. The molecule has 0 N–H and O–H groups in total. The van der Waals surface area contributed by atoms with Crippen LogP contribution in [0.15, 0.2) is 58.5 Å². The van der Waals surface area contributed by atoms with Gasteiger partial charge in [0.15, 0.2) is 0 Å². The smallest absolute Gasteiger partial charge is 0.0629 e. The Bertz CT molecular complexity index is 587. The number of rotatable bonds is 4. The number of nitrogens with zero attached hydrogens (tertiary/aromatic N) is 2. The molecule has 21 heavy (non-hydrogen) atoms. The first kappa shape index (κ1) is 15.2. The molecule has 0 saturated heterocycles. The average molecular weight is 278 g/mol. The molecule has 0 aliphatic carbocycles. The van der Waals surface area contributed by atoms with E-state index in [2.05, 4.69) is 48.1 Å². The third-order valence-electron chi connectivity index (χ3n) is 3.22. The highest BCUT2D eigenvalue weighted by Crippen LogP contribution is 2.15. The van der Waals surface area contributed by atoms with Gasteiger partial charge in [-0.05, 0) is 52.0 Å². The number of aliphatic imine (C=N–C) groups is 2. The molecule has 2 heteroatoms. The largest absolute Gasteiger partial charge is 0.258 e. The Morgan fingerprint density at radius 2 is 1.00 bits per heavy atom. The fourth-order valence-corrected chi connectivity index (χ4v) is 2.13. The van der Waals surface area contributed by atoms with Gasteiger partial charge in [-0.25, -0.2) is 0 Å². The Hall–Kier alpha value is -2.22. The SMILES string of the molecule is CC(CC(C)=Nc1ccc(C)cc1)=Nc1ccc(C)cc1. The van der Waals surface area contributed by atoms with Gasteiger partial charge in [-0.2, -0.15) is 0 Å². The summed E-state index contributed by atoms with van der Waals surface area (Å²) >= 11 is 0. The summed E-state index contributed by atoms with van der Waals surface area (Å²) in [6, 6.07) is 16.5. The van der Waals surface area contributed by atoms with Crippen molar-refractivity contribution in [2.45, 2.75) is 34.1 Å². The maximum absolute atomic E-state index is 4.63. The summed E-state index contributed by atoms with van der Waals surface area (Å²) < 4.78 is 0. The Kier molecular flexibility index (Phi) is 5.04. The maximum atomic E-state index is 4.63. The molecule has 108 valence electrons. The quantitative estimate of drug-likeness (QED) is 0.652. The molecule has 2 nitrogen and oxygen atoms in total. The van der Waals surface area contributed by atoms with Crippen LogP contribution >= 0.6 is 0 Å². The highest BCUT2D eigenvalue weighted by molar-refractivity contribution is 6.04. The van der Waals surface area contributed by atoms with Gasteiger partial charge in [0.25, 0.3) is 0 Å². The molecule has 0 atom stereocenters. The number of hydrogen-bond donors (Lipinski definition) is 0. The van der Waals surface area contributed by atoms with Gasteiger partial charge >= 0.3 is 0 Å². The van der Waals surface area contributed by atoms with Crippen LogP contribution < -0.4 is 0 Å². The molecule has 0 aliphatic rings. The number of hydrogen-bond acceptors (Lipinski definition) is 2. The molecule has 0 amide bonds. The summed E-state index contributed by atoms with van der Waals surface area (Å²) in [6.45, 7) is 8.26. The monoisotopic (exact) mass is 278 g/mol. The van der Waals surface area contributed by atoms with Crippen molar-refractivity contribution >= 4 is 22.8 Å². The lowest BCUT2D eigenvalue weighted by atomic mass is 10.2. The van der Waals surface area contributed by atoms with Crippen LogP contribution in [0.3, 0.4) is 0 Å². The normalized spacial score (nSPS) is 12.6. The van der Waals surface area contributed by atoms with E-state index in [0.717, 1.165) is 29.2 Å². The van der Waals surface area contributed by atoms with Gasteiger partial charge in [0.2, 0.25) is 0 Å². The van der Waals surface area contributed by atoms with Crippen LogP contribution in [-0.4, -0.2) is 11.4 Å². The van der Waals surface area contributed by atoms with Crippen molar-refractivity contribution in [1.29, 1.82) is 0 Å². The fraction of sp³-hybridized carbons (Fsp3) is 0.263. The van der Waals surface area contributed by atoms with Gasteiger partial charge < -0.3 is 0 Å². The third-order valence-corrected chi connectivity index (χ3v) is 3.22. The van der Waals surface area contributed by atoms with Gasteiger partial charge in [0.1, 0.15) is 0 Å². The third kappa shape index (κ3) is 4.99. The highest BCUT2D eigenvalue weighted by atomic mass is 14.8. The molecule has 0 saturated carbocycles. The van der Waals surface area contributed by atoms with E-state index >= 15 is 0 Å². The van der Waals surface area contributed by atoms with Crippen molar-refractivity contribution in [3.63, 3.8) is 0 Å². The Morgan fingerprint density at radius 3 is 1.33 bits per heavy atom. The minimum Gasteiger partial charge on any atom is -0.258 e. The number of aryl methyl sites for hydroxylation is 2. The molecule has 2 rings (SSSR count). The van der Waals surface area contributed by atoms with Crippen LogP contribution in [0.1, 0.15) is 31.4 Å². The molecule has 2 aromatic rings. The summed E-state index contributed by atoms with van der Waals surface area (Å²) in [5.41, 5.74) is 6.66. The van der Waals surface area contributed by atoms with Crippen LogP contribution in [-0.2, 0) is 0 Å². The van der Waals surface area contributed by atoms with Crippen LogP contribution in [0.4, 0.5) is 11.4 Å². The van der Waals surface area contributed by atoms with E-state index in [1.54, 1.807) is 0 Å². The van der Waals surface area contributed by atoms with Crippen molar-refractivity contribution in [3.05, 3.63) is 59.7 Å². The van der Waals surface area contributed by atoms with Crippen molar-refractivity contribution in [2.75, 3.05) is 0 Å². The second kappa shape index (κ2) is 6.98. The maximum Gasteiger partial charge on any atom is 0.0629 e. The fourth-order valence-electron chi connectivity index (χ4n) is 2.13. The number of benzene rings is 2. The summed E-state index contributed by atoms with van der Waals surface area (Å²) in [5.74, 6) is 0. The highest BCUT2D eigenvalue weighted by Gasteiger charge is 1.98. The zero-order chi connectivity index (χ0) is 15.2. The van der Waals surface area contributed by atoms with Crippen LogP contribution in [0.5, 0.6) is 0 Å². The lowest BCUT2D eigenvalue weighted by Gasteiger charge is -2.03. The second-order valence-corrected chi connectivity index (χ2v) is 5.54. The summed E-state index contributed by atoms with van der Waals surface area (Å²) in [4.78, 5) is 9.26. The minimum atomic E-state index is 0.793. The van der Waals surface area contributed by atoms with E-state index < -0.39 is 0 Å². The van der Waals surface area contributed by atoms with Crippen LogP contribution in [0.2, 0.25) is 0 Å². The molecule has 0 fully saturated rings. The summed E-state index contributed by atoms with van der Waals surface area (Å²) in [5, 5.41) is 0. The molecule has 0 unspecified atom stereocenters. The van der Waals surface area contributed by atoms with Crippen molar-refractivity contribution in [3.8, 4) is 0 Å². The van der Waals surface area contributed by atoms with E-state index in [9.17, 15) is 0 Å². The molecule has 2 aromatic carbocycles. The van der Waals surface area contributed by atoms with Gasteiger partial charge in [0.05, 0.1) is 11.4 Å². The van der Waals surface area contributed by atoms with E-state index in [1.807, 2.05) is 38.1 Å². The lowest BCUT2D eigenvalue weighted by Crippen LogP contribution is -2.00.